The number of nitro groups is 1. The SMILES string of the molecule is O=[N+]([O-])c1ccc(F)c(-n2cc(CCBr)nn2)c1. The van der Waals surface area contributed by atoms with Crippen LogP contribution in [-0.2, 0) is 6.42 Å². The lowest BCUT2D eigenvalue weighted by molar-refractivity contribution is -0.384. The molecule has 2 aromatic rings. The van der Waals surface area contributed by atoms with Crippen molar-refractivity contribution in [3.05, 3.63) is 46.0 Å². The first kappa shape index (κ1) is 12.6. The quantitative estimate of drug-likeness (QED) is 0.493. The van der Waals surface area contributed by atoms with Crippen LogP contribution in [0.4, 0.5) is 10.1 Å². The molecule has 0 aliphatic rings. The van der Waals surface area contributed by atoms with Crippen molar-refractivity contribution in [1.29, 1.82) is 0 Å². The molecule has 18 heavy (non-hydrogen) atoms. The molecule has 0 aliphatic carbocycles. The summed E-state index contributed by atoms with van der Waals surface area (Å²) >= 11 is 3.26. The van der Waals surface area contributed by atoms with Gasteiger partial charge >= 0.3 is 0 Å². The third-order valence-electron chi connectivity index (χ3n) is 2.28. The molecular weight excluding hydrogens is 307 g/mol. The highest BCUT2D eigenvalue weighted by Gasteiger charge is 2.13. The number of halogens is 2. The zero-order valence-electron chi connectivity index (χ0n) is 9.08. The maximum Gasteiger partial charge on any atom is 0.271 e. The van der Waals surface area contributed by atoms with Crippen LogP contribution in [0.25, 0.3) is 5.69 Å². The van der Waals surface area contributed by atoms with Crippen LogP contribution in [0.1, 0.15) is 5.69 Å². The maximum atomic E-state index is 13.6. The van der Waals surface area contributed by atoms with Gasteiger partial charge < -0.3 is 0 Å². The number of hydrogen-bond donors (Lipinski definition) is 0. The minimum absolute atomic E-state index is 0.0116. The molecule has 0 bridgehead atoms. The highest BCUT2D eigenvalue weighted by Crippen LogP contribution is 2.19. The van der Waals surface area contributed by atoms with Gasteiger partial charge in [-0.25, -0.2) is 9.07 Å². The summed E-state index contributed by atoms with van der Waals surface area (Å²) in [5.41, 5.74) is 0.499. The number of alkyl halides is 1. The smallest absolute Gasteiger partial charge is 0.258 e. The summed E-state index contributed by atoms with van der Waals surface area (Å²) < 4.78 is 14.8. The van der Waals surface area contributed by atoms with Gasteiger partial charge in [-0.05, 0) is 6.07 Å². The first-order valence-corrected chi connectivity index (χ1v) is 6.15. The van der Waals surface area contributed by atoms with Gasteiger partial charge in [0.1, 0.15) is 11.5 Å². The zero-order chi connectivity index (χ0) is 13.1. The predicted molar refractivity (Wildman–Crippen MR) is 65.5 cm³/mol. The molecule has 0 aliphatic heterocycles. The van der Waals surface area contributed by atoms with Gasteiger partial charge in [-0.3, -0.25) is 10.1 Å². The van der Waals surface area contributed by atoms with Crippen LogP contribution in [0, 0.1) is 15.9 Å². The highest BCUT2D eigenvalue weighted by molar-refractivity contribution is 9.09. The minimum Gasteiger partial charge on any atom is -0.258 e. The van der Waals surface area contributed by atoms with E-state index in [9.17, 15) is 14.5 Å². The molecule has 2 rings (SSSR count). The summed E-state index contributed by atoms with van der Waals surface area (Å²) in [7, 11) is 0. The van der Waals surface area contributed by atoms with Gasteiger partial charge in [-0.2, -0.15) is 0 Å². The van der Waals surface area contributed by atoms with E-state index in [1.54, 1.807) is 6.20 Å². The Labute approximate surface area is 110 Å². The number of aryl methyl sites for hydroxylation is 1. The van der Waals surface area contributed by atoms with E-state index in [1.807, 2.05) is 0 Å². The van der Waals surface area contributed by atoms with Gasteiger partial charge in [0.05, 0.1) is 16.8 Å². The van der Waals surface area contributed by atoms with E-state index in [0.717, 1.165) is 18.2 Å². The van der Waals surface area contributed by atoms with Crippen LogP contribution in [0.2, 0.25) is 0 Å². The number of hydrogen-bond acceptors (Lipinski definition) is 4. The van der Waals surface area contributed by atoms with Crippen molar-refractivity contribution in [3.63, 3.8) is 0 Å². The Kier molecular flexibility index (Phi) is 3.66. The van der Waals surface area contributed by atoms with E-state index >= 15 is 0 Å². The van der Waals surface area contributed by atoms with E-state index in [-0.39, 0.29) is 11.4 Å². The monoisotopic (exact) mass is 314 g/mol. The second kappa shape index (κ2) is 5.21. The molecule has 0 atom stereocenters. The molecule has 8 heteroatoms. The second-order valence-corrected chi connectivity index (χ2v) is 4.28. The fraction of sp³-hybridized carbons (Fsp3) is 0.200. The molecule has 0 saturated carbocycles. The van der Waals surface area contributed by atoms with Crippen molar-refractivity contribution in [2.24, 2.45) is 0 Å². The first-order valence-electron chi connectivity index (χ1n) is 5.03. The first-order chi connectivity index (χ1) is 8.61. The second-order valence-electron chi connectivity index (χ2n) is 3.49. The van der Waals surface area contributed by atoms with Gasteiger partial charge in [0.25, 0.3) is 5.69 Å². The third-order valence-corrected chi connectivity index (χ3v) is 2.68. The van der Waals surface area contributed by atoms with Gasteiger partial charge in [-0.15, -0.1) is 5.10 Å². The van der Waals surface area contributed by atoms with Crippen LogP contribution < -0.4 is 0 Å². The minimum atomic E-state index is -0.587. The summed E-state index contributed by atoms with van der Waals surface area (Å²) in [6.45, 7) is 0. The van der Waals surface area contributed by atoms with E-state index in [4.69, 9.17) is 0 Å². The number of benzene rings is 1. The normalized spacial score (nSPS) is 10.6. The summed E-state index contributed by atoms with van der Waals surface area (Å²) in [6.07, 6.45) is 2.19. The van der Waals surface area contributed by atoms with Crippen molar-refractivity contribution < 1.29 is 9.31 Å². The molecular formula is C10H8BrFN4O2. The Morgan fingerprint density at radius 2 is 2.28 bits per heavy atom. The zero-order valence-corrected chi connectivity index (χ0v) is 10.7. The van der Waals surface area contributed by atoms with Gasteiger partial charge in [0, 0.05) is 23.9 Å². The molecule has 1 aromatic heterocycles. The van der Waals surface area contributed by atoms with Crippen molar-refractivity contribution >= 4 is 21.6 Å². The van der Waals surface area contributed by atoms with Crippen molar-refractivity contribution in [1.82, 2.24) is 15.0 Å². The molecule has 1 heterocycles. The number of aromatic nitrogens is 3. The molecule has 0 saturated heterocycles. The van der Waals surface area contributed by atoms with E-state index in [1.165, 1.54) is 4.68 Å². The van der Waals surface area contributed by atoms with Crippen LogP contribution in [-0.4, -0.2) is 25.2 Å². The summed E-state index contributed by atoms with van der Waals surface area (Å²) in [5.74, 6) is -0.587. The largest absolute Gasteiger partial charge is 0.271 e. The Morgan fingerprint density at radius 3 is 2.94 bits per heavy atom. The maximum absolute atomic E-state index is 13.6. The Morgan fingerprint density at radius 1 is 1.50 bits per heavy atom. The topological polar surface area (TPSA) is 73.8 Å². The number of nitrogens with zero attached hydrogens (tertiary/aromatic N) is 4. The molecule has 0 spiro atoms. The lowest BCUT2D eigenvalue weighted by Gasteiger charge is -2.01. The molecule has 1 aromatic carbocycles. The summed E-state index contributed by atoms with van der Waals surface area (Å²) in [6, 6.07) is 3.27. The lowest BCUT2D eigenvalue weighted by atomic mass is 10.2. The third kappa shape index (κ3) is 2.53. The van der Waals surface area contributed by atoms with Gasteiger partial charge in [0.15, 0.2) is 0 Å². The van der Waals surface area contributed by atoms with Crippen LogP contribution in [0.5, 0.6) is 0 Å². The standard InChI is InChI=1S/C10H8BrFN4O2/c11-4-3-7-6-15(14-13-7)10-5-8(16(17)18)1-2-9(10)12/h1-2,5-6H,3-4H2. The van der Waals surface area contributed by atoms with E-state index in [0.29, 0.717) is 17.4 Å². The average Bonchev–Trinajstić information content (AvgIpc) is 2.78. The van der Waals surface area contributed by atoms with Gasteiger partial charge in [-0.1, -0.05) is 21.1 Å². The predicted octanol–water partition coefficient (Wildman–Crippen LogP) is 2.25. The fourth-order valence-electron chi connectivity index (χ4n) is 1.42. The van der Waals surface area contributed by atoms with Crippen molar-refractivity contribution in [2.75, 3.05) is 5.33 Å². The Balaban J connectivity index is 2.41. The number of nitro benzene ring substituents is 1. The Hall–Kier alpha value is -1.83. The molecule has 0 N–H and O–H groups in total. The average molecular weight is 315 g/mol. The molecule has 94 valence electrons. The van der Waals surface area contributed by atoms with Crippen LogP contribution in [0.3, 0.4) is 0 Å². The lowest BCUT2D eigenvalue weighted by Crippen LogP contribution is -2.00. The molecule has 0 amide bonds. The Bertz CT molecular complexity index is 587. The van der Waals surface area contributed by atoms with E-state index < -0.39 is 10.7 Å². The van der Waals surface area contributed by atoms with Crippen molar-refractivity contribution in [3.8, 4) is 5.69 Å². The highest BCUT2D eigenvalue weighted by atomic mass is 79.9. The fourth-order valence-corrected chi connectivity index (χ4v) is 1.82. The molecule has 0 radical (unpaired) electrons. The number of non-ortho nitro benzene ring substituents is 1. The summed E-state index contributed by atoms with van der Waals surface area (Å²) in [4.78, 5) is 10.1. The van der Waals surface area contributed by atoms with Crippen molar-refractivity contribution in [2.45, 2.75) is 6.42 Å². The molecule has 0 unspecified atom stereocenters. The van der Waals surface area contributed by atoms with Gasteiger partial charge in [0.2, 0.25) is 0 Å². The molecule has 6 nitrogen and oxygen atoms in total. The van der Waals surface area contributed by atoms with E-state index in [2.05, 4.69) is 26.2 Å². The van der Waals surface area contributed by atoms with Crippen LogP contribution >= 0.6 is 15.9 Å². The number of rotatable bonds is 4. The summed E-state index contributed by atoms with van der Waals surface area (Å²) in [5, 5.41) is 18.9. The molecule has 0 fully saturated rings. The van der Waals surface area contributed by atoms with Crippen LogP contribution in [0.15, 0.2) is 24.4 Å².